The smallest absolute Gasteiger partial charge is 0.418 e. The van der Waals surface area contributed by atoms with E-state index in [1.54, 1.807) is 18.2 Å². The predicted molar refractivity (Wildman–Crippen MR) is 136 cm³/mol. The van der Waals surface area contributed by atoms with E-state index >= 15 is 0 Å². The first kappa shape index (κ1) is 26.7. The Morgan fingerprint density at radius 2 is 1.69 bits per heavy atom. The summed E-state index contributed by atoms with van der Waals surface area (Å²) in [5.41, 5.74) is -2.15. The molecule has 1 aliphatic carbocycles. The lowest BCUT2D eigenvalue weighted by molar-refractivity contribution is -0.136. The molecule has 1 saturated heterocycles. The van der Waals surface area contributed by atoms with Gasteiger partial charge in [-0.15, -0.1) is 0 Å². The van der Waals surface area contributed by atoms with Gasteiger partial charge in [-0.2, -0.15) is 13.2 Å². The number of alkyl halides is 3. The van der Waals surface area contributed by atoms with E-state index in [4.69, 9.17) is 4.74 Å². The fourth-order valence-electron chi connectivity index (χ4n) is 4.33. The summed E-state index contributed by atoms with van der Waals surface area (Å²) in [5, 5.41) is 0.508. The monoisotopic (exact) mass is 562 g/mol. The number of benzene rings is 2. The van der Waals surface area contributed by atoms with Gasteiger partial charge in [-0.05, 0) is 49.1 Å². The van der Waals surface area contributed by atoms with Gasteiger partial charge in [0.25, 0.3) is 15.9 Å². The summed E-state index contributed by atoms with van der Waals surface area (Å²) in [6.45, 7) is 1.00. The standard InChI is InChI=1S/C26H25F3N4O5S/c27-26(28,29)20-15-19(24(34)32-11-13-33(14-12-32)25(35)38-16-17-6-7-17)8-9-21(20)31-39(36,37)22-5-1-3-18-4-2-10-30-23(18)22/h1-5,8-10,15,17,31H,6-7,11-14,16H2. The van der Waals surface area contributed by atoms with Gasteiger partial charge >= 0.3 is 12.3 Å². The number of halogens is 3. The highest BCUT2D eigenvalue weighted by Gasteiger charge is 2.36. The molecule has 2 aliphatic rings. The van der Waals surface area contributed by atoms with Crippen molar-refractivity contribution in [1.29, 1.82) is 0 Å². The van der Waals surface area contributed by atoms with Crippen molar-refractivity contribution >= 4 is 38.6 Å². The second-order valence-electron chi connectivity index (χ2n) is 9.49. The van der Waals surface area contributed by atoms with Crippen molar-refractivity contribution in [2.45, 2.75) is 23.9 Å². The van der Waals surface area contributed by atoms with E-state index in [0.29, 0.717) is 24.0 Å². The molecule has 206 valence electrons. The van der Waals surface area contributed by atoms with Crippen LogP contribution in [0.5, 0.6) is 0 Å². The number of sulfonamides is 1. The first-order valence-electron chi connectivity index (χ1n) is 12.3. The zero-order valence-corrected chi connectivity index (χ0v) is 21.5. The van der Waals surface area contributed by atoms with E-state index in [0.717, 1.165) is 25.0 Å². The molecule has 1 aromatic heterocycles. The lowest BCUT2D eigenvalue weighted by atomic mass is 10.1. The molecule has 1 aliphatic heterocycles. The summed E-state index contributed by atoms with van der Waals surface area (Å²) in [7, 11) is -4.45. The molecule has 2 heterocycles. The number of ether oxygens (including phenoxy) is 1. The topological polar surface area (TPSA) is 109 Å². The molecule has 39 heavy (non-hydrogen) atoms. The van der Waals surface area contributed by atoms with E-state index < -0.39 is 39.5 Å². The zero-order chi connectivity index (χ0) is 27.8. The summed E-state index contributed by atoms with van der Waals surface area (Å²) in [4.78, 5) is 31.8. The zero-order valence-electron chi connectivity index (χ0n) is 20.6. The van der Waals surface area contributed by atoms with E-state index in [1.165, 1.54) is 28.1 Å². The number of nitrogens with zero attached hydrogens (tertiary/aromatic N) is 3. The van der Waals surface area contributed by atoms with Crippen molar-refractivity contribution < 1.29 is 35.9 Å². The first-order chi connectivity index (χ1) is 18.5. The summed E-state index contributed by atoms with van der Waals surface area (Å²) >= 11 is 0. The van der Waals surface area contributed by atoms with Gasteiger partial charge in [0.15, 0.2) is 0 Å². The van der Waals surface area contributed by atoms with Gasteiger partial charge in [-0.3, -0.25) is 14.5 Å². The number of para-hydroxylation sites is 1. The van der Waals surface area contributed by atoms with Crippen LogP contribution in [-0.4, -0.2) is 68.0 Å². The Morgan fingerprint density at radius 3 is 2.38 bits per heavy atom. The second kappa shape index (κ2) is 10.4. The van der Waals surface area contributed by atoms with Gasteiger partial charge in [0.1, 0.15) is 4.90 Å². The normalized spacial score (nSPS) is 16.3. The lowest BCUT2D eigenvalue weighted by Crippen LogP contribution is -2.50. The number of hydrogen-bond donors (Lipinski definition) is 1. The molecule has 2 aromatic carbocycles. The van der Waals surface area contributed by atoms with Crippen LogP contribution in [0.3, 0.4) is 0 Å². The van der Waals surface area contributed by atoms with Crippen LogP contribution in [-0.2, 0) is 20.9 Å². The summed E-state index contributed by atoms with van der Waals surface area (Å²) in [6, 6.07) is 10.3. The molecule has 0 spiro atoms. The van der Waals surface area contributed by atoms with Crippen molar-refractivity contribution in [2.24, 2.45) is 5.92 Å². The molecular formula is C26H25F3N4O5S. The highest BCUT2D eigenvalue weighted by Crippen LogP contribution is 2.37. The van der Waals surface area contributed by atoms with Crippen molar-refractivity contribution in [3.8, 4) is 0 Å². The van der Waals surface area contributed by atoms with Gasteiger partial charge in [-0.25, -0.2) is 13.2 Å². The summed E-state index contributed by atoms with van der Waals surface area (Å²) in [6.07, 6.45) is -1.95. The van der Waals surface area contributed by atoms with Crippen molar-refractivity contribution in [2.75, 3.05) is 37.5 Å². The Kier molecular flexibility index (Phi) is 7.10. The van der Waals surface area contributed by atoms with Gasteiger partial charge in [0.2, 0.25) is 0 Å². The Morgan fingerprint density at radius 1 is 1.00 bits per heavy atom. The number of aromatic nitrogens is 1. The fraction of sp³-hybridized carbons (Fsp3) is 0.346. The number of amides is 2. The van der Waals surface area contributed by atoms with Crippen LogP contribution in [0.1, 0.15) is 28.8 Å². The Hall–Kier alpha value is -3.87. The molecule has 2 fully saturated rings. The predicted octanol–water partition coefficient (Wildman–Crippen LogP) is 4.36. The highest BCUT2D eigenvalue weighted by molar-refractivity contribution is 7.93. The largest absolute Gasteiger partial charge is 0.449 e. The number of piperazine rings is 1. The van der Waals surface area contributed by atoms with Crippen LogP contribution < -0.4 is 4.72 Å². The van der Waals surface area contributed by atoms with Gasteiger partial charge in [-0.1, -0.05) is 18.2 Å². The van der Waals surface area contributed by atoms with Crippen LogP contribution in [0.25, 0.3) is 10.9 Å². The number of anilines is 1. The third kappa shape index (κ3) is 5.92. The number of pyridine rings is 1. The molecule has 13 heteroatoms. The molecular weight excluding hydrogens is 537 g/mol. The maximum absolute atomic E-state index is 14.0. The highest BCUT2D eigenvalue weighted by atomic mass is 32.2. The fourth-order valence-corrected chi connectivity index (χ4v) is 5.59. The van der Waals surface area contributed by atoms with Gasteiger partial charge < -0.3 is 14.5 Å². The molecule has 5 rings (SSSR count). The summed E-state index contributed by atoms with van der Waals surface area (Å²) in [5.74, 6) is -0.241. The minimum atomic E-state index is -4.95. The molecule has 0 radical (unpaired) electrons. The van der Waals surface area contributed by atoms with Crippen LogP contribution in [0, 0.1) is 5.92 Å². The molecule has 0 bridgehead atoms. The third-order valence-electron chi connectivity index (χ3n) is 6.67. The molecule has 3 aromatic rings. The van der Waals surface area contributed by atoms with Crippen molar-refractivity contribution in [1.82, 2.24) is 14.8 Å². The number of rotatable bonds is 6. The molecule has 1 N–H and O–H groups in total. The summed E-state index contributed by atoms with van der Waals surface area (Å²) < 4.78 is 75.5. The maximum Gasteiger partial charge on any atom is 0.418 e. The van der Waals surface area contributed by atoms with E-state index in [9.17, 15) is 31.2 Å². The molecule has 1 saturated carbocycles. The molecule has 9 nitrogen and oxygen atoms in total. The van der Waals surface area contributed by atoms with E-state index in [1.807, 2.05) is 4.72 Å². The average Bonchev–Trinajstić information content (AvgIpc) is 3.75. The van der Waals surface area contributed by atoms with E-state index in [2.05, 4.69) is 4.98 Å². The quantitative estimate of drug-likeness (QED) is 0.478. The minimum Gasteiger partial charge on any atom is -0.449 e. The number of carbonyl (C=O) groups excluding carboxylic acids is 2. The molecule has 2 amide bonds. The van der Waals surface area contributed by atoms with Crippen molar-refractivity contribution in [3.05, 3.63) is 65.9 Å². The minimum absolute atomic E-state index is 0.114. The van der Waals surface area contributed by atoms with E-state index in [-0.39, 0.29) is 42.2 Å². The van der Waals surface area contributed by atoms with Crippen molar-refractivity contribution in [3.63, 3.8) is 0 Å². The molecule has 0 unspecified atom stereocenters. The Bertz CT molecular complexity index is 1510. The van der Waals surface area contributed by atoms with Gasteiger partial charge in [0, 0.05) is 43.3 Å². The maximum atomic E-state index is 14.0. The lowest BCUT2D eigenvalue weighted by Gasteiger charge is -2.34. The van der Waals surface area contributed by atoms with Crippen LogP contribution >= 0.6 is 0 Å². The second-order valence-corrected chi connectivity index (χ2v) is 11.1. The third-order valence-corrected chi connectivity index (χ3v) is 8.06. The SMILES string of the molecule is O=C(OCC1CC1)N1CCN(C(=O)c2ccc(NS(=O)(=O)c3cccc4cccnc34)c(C(F)(F)F)c2)CC1. The number of hydrogen-bond acceptors (Lipinski definition) is 6. The first-order valence-corrected chi connectivity index (χ1v) is 13.8. The van der Waals surface area contributed by atoms with Crippen LogP contribution in [0.2, 0.25) is 0 Å². The van der Waals surface area contributed by atoms with Gasteiger partial charge in [0.05, 0.1) is 23.4 Å². The Balaban J connectivity index is 1.33. The van der Waals surface area contributed by atoms with Crippen LogP contribution in [0.4, 0.5) is 23.7 Å². The molecule has 0 atom stereocenters. The number of carbonyl (C=O) groups is 2. The number of nitrogens with one attached hydrogen (secondary N) is 1. The number of fused-ring (bicyclic) bond motifs is 1. The van der Waals surface area contributed by atoms with Crippen LogP contribution in [0.15, 0.2) is 59.6 Å². The Labute approximate surface area is 222 Å². The average molecular weight is 563 g/mol.